The second-order valence-corrected chi connectivity index (χ2v) is 6.23. The zero-order valence-corrected chi connectivity index (χ0v) is 13.4. The van der Waals surface area contributed by atoms with Crippen molar-refractivity contribution in [1.29, 1.82) is 0 Å². The molecule has 0 aromatic heterocycles. The van der Waals surface area contributed by atoms with Crippen LogP contribution < -0.4 is 5.30 Å². The number of phenolic OH excluding ortho intramolecular Hbond substituents is 2. The van der Waals surface area contributed by atoms with Crippen LogP contribution in [-0.4, -0.2) is 23.4 Å². The van der Waals surface area contributed by atoms with Gasteiger partial charge >= 0.3 is 7.60 Å². The van der Waals surface area contributed by atoms with Gasteiger partial charge in [0.15, 0.2) is 0 Å². The molecule has 5 nitrogen and oxygen atoms in total. The number of aryl methyl sites for hydroxylation is 1. The van der Waals surface area contributed by atoms with E-state index in [4.69, 9.17) is 9.05 Å². The first-order valence-electron chi connectivity index (χ1n) is 6.91. The Morgan fingerprint density at radius 3 is 2.00 bits per heavy atom. The van der Waals surface area contributed by atoms with Crippen molar-refractivity contribution in [1.82, 2.24) is 0 Å². The maximum Gasteiger partial charge on any atom is 0.365 e. The molecule has 114 valence electrons. The molecule has 1 rings (SSSR count). The SMILES string of the molecule is CCOP(=O)(OCC)c1c(O)cc(CC)c(O)c1CC. The molecular weight excluding hydrogens is 279 g/mol. The number of benzene rings is 1. The van der Waals surface area contributed by atoms with Gasteiger partial charge in [-0.1, -0.05) is 13.8 Å². The van der Waals surface area contributed by atoms with Gasteiger partial charge < -0.3 is 19.3 Å². The average Bonchev–Trinajstić information content (AvgIpc) is 2.40. The second kappa shape index (κ2) is 7.11. The van der Waals surface area contributed by atoms with Crippen molar-refractivity contribution in [3.63, 3.8) is 0 Å². The Morgan fingerprint density at radius 2 is 1.60 bits per heavy atom. The third-order valence-corrected chi connectivity index (χ3v) is 5.28. The van der Waals surface area contributed by atoms with Crippen molar-refractivity contribution in [2.45, 2.75) is 40.5 Å². The quantitative estimate of drug-likeness (QED) is 0.598. The Morgan fingerprint density at radius 1 is 1.05 bits per heavy atom. The number of rotatable bonds is 7. The van der Waals surface area contributed by atoms with Crippen molar-refractivity contribution < 1.29 is 23.8 Å². The van der Waals surface area contributed by atoms with E-state index in [0.29, 0.717) is 24.0 Å². The van der Waals surface area contributed by atoms with Crippen molar-refractivity contribution in [2.75, 3.05) is 13.2 Å². The molecule has 1 aromatic carbocycles. The number of aromatic hydroxyl groups is 2. The molecule has 6 heteroatoms. The largest absolute Gasteiger partial charge is 0.507 e. The molecule has 0 amide bonds. The lowest BCUT2D eigenvalue weighted by Gasteiger charge is -2.22. The molecule has 0 heterocycles. The molecule has 0 saturated heterocycles. The van der Waals surface area contributed by atoms with Crippen molar-refractivity contribution in [3.8, 4) is 11.5 Å². The summed E-state index contributed by atoms with van der Waals surface area (Å²) in [7, 11) is -3.63. The fourth-order valence-corrected chi connectivity index (χ4v) is 4.13. The fourth-order valence-electron chi connectivity index (χ4n) is 2.18. The van der Waals surface area contributed by atoms with Crippen LogP contribution in [0.3, 0.4) is 0 Å². The van der Waals surface area contributed by atoms with E-state index in [1.165, 1.54) is 6.07 Å². The van der Waals surface area contributed by atoms with Crippen molar-refractivity contribution >= 4 is 12.9 Å². The molecule has 0 unspecified atom stereocenters. The van der Waals surface area contributed by atoms with Crippen LogP contribution in [0.2, 0.25) is 0 Å². The predicted octanol–water partition coefficient (Wildman–Crippen LogP) is 3.11. The summed E-state index contributed by atoms with van der Waals surface area (Å²) in [6.45, 7) is 7.48. The van der Waals surface area contributed by atoms with Crippen LogP contribution in [0, 0.1) is 0 Å². The van der Waals surface area contributed by atoms with Crippen LogP contribution in [0.1, 0.15) is 38.8 Å². The summed E-state index contributed by atoms with van der Waals surface area (Å²) in [4.78, 5) is 0. The van der Waals surface area contributed by atoms with Crippen molar-refractivity contribution in [2.24, 2.45) is 0 Å². The summed E-state index contributed by atoms with van der Waals surface area (Å²) in [6, 6.07) is 1.43. The average molecular weight is 302 g/mol. The normalized spacial score (nSPS) is 11.8. The van der Waals surface area contributed by atoms with Crippen LogP contribution in [0.25, 0.3) is 0 Å². The van der Waals surface area contributed by atoms with E-state index >= 15 is 0 Å². The lowest BCUT2D eigenvalue weighted by molar-refractivity contribution is 0.229. The summed E-state index contributed by atoms with van der Waals surface area (Å²) in [5.74, 6) is -0.0934. The summed E-state index contributed by atoms with van der Waals surface area (Å²) in [5, 5.41) is 20.5. The summed E-state index contributed by atoms with van der Waals surface area (Å²) < 4.78 is 23.4. The maximum absolute atomic E-state index is 12.9. The van der Waals surface area contributed by atoms with Crippen LogP contribution in [-0.2, 0) is 26.5 Å². The molecule has 0 spiro atoms. The highest BCUT2D eigenvalue weighted by Gasteiger charge is 2.34. The molecule has 2 N–H and O–H groups in total. The first-order valence-corrected chi connectivity index (χ1v) is 8.45. The standard InChI is InChI=1S/C14H23O5P/c1-5-10-9-12(15)14(11(6-2)13(10)16)20(17,18-7-3)19-8-4/h9,15-16H,5-8H2,1-4H3. The molecule has 0 aliphatic carbocycles. The van der Waals surface area contributed by atoms with Gasteiger partial charge in [0.05, 0.1) is 13.2 Å². The van der Waals surface area contributed by atoms with Crippen LogP contribution >= 0.6 is 7.60 Å². The molecule has 0 bridgehead atoms. The van der Waals surface area contributed by atoms with E-state index in [0.717, 1.165) is 0 Å². The molecule has 0 aliphatic rings. The molecule has 0 saturated carbocycles. The third kappa shape index (κ3) is 3.17. The van der Waals surface area contributed by atoms with E-state index < -0.39 is 7.60 Å². The lowest BCUT2D eigenvalue weighted by Crippen LogP contribution is -2.17. The minimum absolute atomic E-state index is 0.0578. The summed E-state index contributed by atoms with van der Waals surface area (Å²) >= 11 is 0. The first-order chi connectivity index (χ1) is 9.45. The summed E-state index contributed by atoms with van der Waals surface area (Å²) in [6.07, 6.45) is 0.993. The number of phenols is 2. The van der Waals surface area contributed by atoms with Gasteiger partial charge in [-0.25, -0.2) is 0 Å². The molecule has 0 aliphatic heterocycles. The highest BCUT2D eigenvalue weighted by atomic mass is 31.2. The van der Waals surface area contributed by atoms with Crippen LogP contribution in [0.15, 0.2) is 6.07 Å². The number of hydrogen-bond donors (Lipinski definition) is 2. The van der Waals surface area contributed by atoms with Gasteiger partial charge in [0.2, 0.25) is 0 Å². The fraction of sp³-hybridized carbons (Fsp3) is 0.571. The Labute approximate surface area is 120 Å². The Hall–Kier alpha value is -1.03. The van der Waals surface area contributed by atoms with E-state index in [9.17, 15) is 14.8 Å². The second-order valence-electron chi connectivity index (χ2n) is 4.27. The van der Waals surface area contributed by atoms with E-state index in [1.807, 2.05) is 13.8 Å². The molecule has 0 atom stereocenters. The molecular formula is C14H23O5P. The van der Waals surface area contributed by atoms with Gasteiger partial charge in [-0.2, -0.15) is 0 Å². The minimum Gasteiger partial charge on any atom is -0.507 e. The molecule has 0 fully saturated rings. The van der Waals surface area contributed by atoms with E-state index in [-0.39, 0.29) is 30.0 Å². The zero-order valence-electron chi connectivity index (χ0n) is 12.5. The summed E-state index contributed by atoms with van der Waals surface area (Å²) in [5.41, 5.74) is 1.04. The predicted molar refractivity (Wildman–Crippen MR) is 79.0 cm³/mol. The molecule has 0 radical (unpaired) electrons. The van der Waals surface area contributed by atoms with Gasteiger partial charge in [-0.05, 0) is 38.3 Å². The van der Waals surface area contributed by atoms with Gasteiger partial charge in [0.1, 0.15) is 16.8 Å². The molecule has 1 aromatic rings. The van der Waals surface area contributed by atoms with Crippen LogP contribution in [0.5, 0.6) is 11.5 Å². The van der Waals surface area contributed by atoms with Gasteiger partial charge in [0.25, 0.3) is 0 Å². The Kier molecular flexibility index (Phi) is 6.06. The smallest absolute Gasteiger partial charge is 0.365 e. The van der Waals surface area contributed by atoms with Gasteiger partial charge in [-0.15, -0.1) is 0 Å². The van der Waals surface area contributed by atoms with E-state index in [1.54, 1.807) is 13.8 Å². The maximum atomic E-state index is 12.9. The molecule has 20 heavy (non-hydrogen) atoms. The first kappa shape index (κ1) is 17.0. The highest BCUT2D eigenvalue weighted by molar-refractivity contribution is 7.62. The van der Waals surface area contributed by atoms with Crippen molar-refractivity contribution in [3.05, 3.63) is 17.2 Å². The Bertz CT molecular complexity index is 503. The topological polar surface area (TPSA) is 76.0 Å². The zero-order chi connectivity index (χ0) is 15.3. The van der Waals surface area contributed by atoms with Crippen LogP contribution in [0.4, 0.5) is 0 Å². The highest BCUT2D eigenvalue weighted by Crippen LogP contribution is 2.51. The Balaban J connectivity index is 3.57. The monoisotopic (exact) mass is 302 g/mol. The number of hydrogen-bond acceptors (Lipinski definition) is 5. The van der Waals surface area contributed by atoms with Gasteiger partial charge in [-0.3, -0.25) is 4.57 Å². The minimum atomic E-state index is -3.63. The van der Waals surface area contributed by atoms with E-state index in [2.05, 4.69) is 0 Å². The third-order valence-electron chi connectivity index (χ3n) is 3.04. The van der Waals surface area contributed by atoms with Gasteiger partial charge in [0, 0.05) is 5.56 Å². The lowest BCUT2D eigenvalue weighted by atomic mass is 10.0.